The van der Waals surface area contributed by atoms with Gasteiger partial charge < -0.3 is 5.73 Å². The van der Waals surface area contributed by atoms with Crippen LogP contribution in [0.5, 0.6) is 0 Å². The predicted molar refractivity (Wildman–Crippen MR) is 24.9 cm³/mol. The molecule has 39 valence electrons. The zero-order valence-electron chi connectivity index (χ0n) is 2.63. The monoisotopic (exact) mass is 208 g/mol. The normalized spacial score (nSPS) is 5.60. The standard InChI is InChI=1S/CH5N.BrH.ClH.Cu/c1-2;;;/h2H2,1H3;2*1H;/q;;;+2/p-2. The summed E-state index contributed by atoms with van der Waals surface area (Å²) in [4.78, 5) is 0. The molecule has 0 unspecified atom stereocenters. The van der Waals surface area contributed by atoms with Gasteiger partial charge in [0.15, 0.2) is 0 Å². The molecule has 0 saturated heterocycles. The van der Waals surface area contributed by atoms with Crippen LogP contribution in [0.1, 0.15) is 0 Å². The van der Waals surface area contributed by atoms with Crippen molar-refractivity contribution in [3.05, 3.63) is 0 Å². The molecule has 0 radical (unpaired) electrons. The molecule has 0 aliphatic heterocycles. The Hall–Kier alpha value is 1.25. The minimum atomic E-state index is 1.10. The van der Waals surface area contributed by atoms with Crippen molar-refractivity contribution in [1.82, 2.24) is 0 Å². The maximum absolute atomic E-state index is 4.82. The van der Waals surface area contributed by atoms with E-state index in [0.29, 0.717) is 0 Å². The molecule has 0 aromatic heterocycles. The zero-order chi connectivity index (χ0) is 4.71. The van der Waals surface area contributed by atoms with Crippen LogP contribution < -0.4 is 5.73 Å². The Morgan fingerprint density at radius 2 is 1.80 bits per heavy atom. The summed E-state index contributed by atoms with van der Waals surface area (Å²) in [5.74, 6) is 0. The van der Waals surface area contributed by atoms with Gasteiger partial charge in [0.25, 0.3) is 0 Å². The Morgan fingerprint density at radius 3 is 1.80 bits per heavy atom. The molecule has 2 N–H and O–H groups in total. The van der Waals surface area contributed by atoms with Crippen molar-refractivity contribution in [2.24, 2.45) is 5.73 Å². The molecule has 1 nitrogen and oxygen atoms in total. The molecule has 0 fully saturated rings. The molecule has 0 aliphatic rings. The second kappa shape index (κ2) is 18.7. The Labute approximate surface area is 49.3 Å². The van der Waals surface area contributed by atoms with Crippen LogP contribution in [0.3, 0.4) is 0 Å². The molecule has 0 spiro atoms. The van der Waals surface area contributed by atoms with Gasteiger partial charge in [-0.3, -0.25) is 0 Å². The van der Waals surface area contributed by atoms with Crippen LogP contribution in [0, 0.1) is 0 Å². The molecule has 0 rings (SSSR count). The van der Waals surface area contributed by atoms with Gasteiger partial charge in [-0.2, -0.15) is 0 Å². The maximum atomic E-state index is 4.82. The SMILES string of the molecule is CN.[Cl][Cu][Br]. The topological polar surface area (TPSA) is 26.0 Å². The molecule has 0 aliphatic carbocycles. The molecular weight excluding hydrogens is 205 g/mol. The van der Waals surface area contributed by atoms with Crippen LogP contribution in [-0.4, -0.2) is 7.05 Å². The van der Waals surface area contributed by atoms with E-state index in [1.54, 1.807) is 0 Å². The molecule has 5 heavy (non-hydrogen) atoms. The van der Waals surface area contributed by atoms with Gasteiger partial charge in [0.2, 0.25) is 0 Å². The first-order valence-electron chi connectivity index (χ1n) is 0.805. The molecule has 0 amide bonds. The number of nitrogens with two attached hydrogens (primary N) is 1. The van der Waals surface area contributed by atoms with Gasteiger partial charge >= 0.3 is 36.4 Å². The Balaban J connectivity index is 0. The van der Waals surface area contributed by atoms with E-state index >= 15 is 0 Å². The van der Waals surface area contributed by atoms with Crippen molar-refractivity contribution < 1.29 is 12.2 Å². The van der Waals surface area contributed by atoms with Crippen molar-refractivity contribution in [2.45, 2.75) is 0 Å². The molecule has 0 aromatic carbocycles. The van der Waals surface area contributed by atoms with Gasteiger partial charge in [0.1, 0.15) is 0 Å². The fourth-order valence-electron chi connectivity index (χ4n) is 0. The van der Waals surface area contributed by atoms with E-state index in [9.17, 15) is 0 Å². The number of hydrogen-bond donors (Lipinski definition) is 1. The Bertz CT molecular complexity index is 11.6. The molecule has 0 bridgehead atoms. The van der Waals surface area contributed by atoms with Crippen LogP contribution in [0.25, 0.3) is 0 Å². The zero-order valence-corrected chi connectivity index (χ0v) is 5.92. The van der Waals surface area contributed by atoms with E-state index in [1.807, 2.05) is 0 Å². The van der Waals surface area contributed by atoms with E-state index < -0.39 is 0 Å². The van der Waals surface area contributed by atoms with E-state index in [-0.39, 0.29) is 0 Å². The number of halogens is 2. The van der Waals surface area contributed by atoms with Crippen LogP contribution in [0.4, 0.5) is 0 Å². The molecule has 0 heterocycles. The first kappa shape index (κ1) is 9.54. The summed E-state index contributed by atoms with van der Waals surface area (Å²) >= 11 is 3.91. The summed E-state index contributed by atoms with van der Waals surface area (Å²) in [5, 5.41) is 0. The summed E-state index contributed by atoms with van der Waals surface area (Å²) in [7, 11) is 6.32. The van der Waals surface area contributed by atoms with E-state index in [1.165, 1.54) is 7.05 Å². The first-order valence-corrected chi connectivity index (χ1v) is 4.43. The summed E-state index contributed by atoms with van der Waals surface area (Å²) in [6.45, 7) is 0. The fraction of sp³-hybridized carbons (Fsp3) is 1.00. The van der Waals surface area contributed by atoms with Crippen molar-refractivity contribution in [1.29, 1.82) is 0 Å². The van der Waals surface area contributed by atoms with Crippen LogP contribution in [0.15, 0.2) is 0 Å². The van der Waals surface area contributed by atoms with Crippen molar-refractivity contribution in [3.8, 4) is 0 Å². The van der Waals surface area contributed by atoms with Gasteiger partial charge in [-0.15, -0.1) is 0 Å². The van der Waals surface area contributed by atoms with E-state index in [0.717, 1.165) is 12.2 Å². The fourth-order valence-corrected chi connectivity index (χ4v) is 0. The summed E-state index contributed by atoms with van der Waals surface area (Å²) in [6.07, 6.45) is 0. The van der Waals surface area contributed by atoms with Gasteiger partial charge in [-0.25, -0.2) is 0 Å². The molecule has 0 aromatic rings. The second-order valence-corrected chi connectivity index (χ2v) is 2.77. The minimum absolute atomic E-state index is 1.10. The van der Waals surface area contributed by atoms with E-state index in [4.69, 9.17) is 10.1 Å². The molecule has 0 saturated carbocycles. The summed E-state index contributed by atoms with van der Waals surface area (Å²) in [5.41, 5.74) is 4.50. The average molecular weight is 210 g/mol. The number of rotatable bonds is 0. The Kier molecular flexibility index (Phi) is 35.7. The quantitative estimate of drug-likeness (QED) is 0.595. The van der Waals surface area contributed by atoms with Gasteiger partial charge in [0.05, 0.1) is 0 Å². The summed E-state index contributed by atoms with van der Waals surface area (Å²) in [6, 6.07) is 0. The van der Waals surface area contributed by atoms with Crippen LogP contribution in [0.2, 0.25) is 0 Å². The molecule has 4 heteroatoms. The van der Waals surface area contributed by atoms with Crippen molar-refractivity contribution >= 4 is 24.2 Å². The predicted octanol–water partition coefficient (Wildman–Crippen LogP) is 1.11. The van der Waals surface area contributed by atoms with Crippen LogP contribution >= 0.6 is 24.2 Å². The van der Waals surface area contributed by atoms with Gasteiger partial charge in [-0.1, -0.05) is 0 Å². The summed E-state index contributed by atoms with van der Waals surface area (Å²) < 4.78 is 0. The van der Waals surface area contributed by atoms with Crippen LogP contribution in [-0.2, 0) is 12.2 Å². The first-order chi connectivity index (χ1) is 2.41. The van der Waals surface area contributed by atoms with Crippen molar-refractivity contribution in [2.75, 3.05) is 7.05 Å². The molecule has 0 atom stereocenters. The third-order valence-electron chi connectivity index (χ3n) is 0. The van der Waals surface area contributed by atoms with Crippen molar-refractivity contribution in [3.63, 3.8) is 0 Å². The second-order valence-electron chi connectivity index (χ2n) is 0.0431. The third-order valence-corrected chi connectivity index (χ3v) is 0. The third kappa shape index (κ3) is 35.5. The Morgan fingerprint density at radius 1 is 1.80 bits per heavy atom. The van der Waals surface area contributed by atoms with Gasteiger partial charge in [-0.05, 0) is 7.05 Å². The van der Waals surface area contributed by atoms with Gasteiger partial charge in [0, 0.05) is 0 Å². The average Bonchev–Trinajstić information content (AvgIpc) is 1.46. The number of hydrogen-bond acceptors (Lipinski definition) is 1. The molecular formula is CH5BrClCuN. The van der Waals surface area contributed by atoms with E-state index in [2.05, 4.69) is 19.8 Å².